The number of anilines is 1. The first-order chi connectivity index (χ1) is 12.0. The van der Waals surface area contributed by atoms with Gasteiger partial charge in [-0.15, -0.1) is 0 Å². The highest BCUT2D eigenvalue weighted by atomic mass is 32.2. The smallest absolute Gasteiger partial charge is 0.233 e. The zero-order chi connectivity index (χ0) is 17.4. The second-order valence-corrected chi connectivity index (χ2v) is 8.01. The van der Waals surface area contributed by atoms with E-state index in [1.807, 2.05) is 35.1 Å². The molecule has 25 heavy (non-hydrogen) atoms. The number of rotatable bonds is 3. The molecule has 8 nitrogen and oxygen atoms in total. The van der Waals surface area contributed by atoms with Crippen molar-refractivity contribution < 1.29 is 8.42 Å². The minimum absolute atomic E-state index is 0.490. The molecule has 1 saturated heterocycles. The van der Waals surface area contributed by atoms with Crippen LogP contribution < -0.4 is 4.90 Å². The fourth-order valence-corrected chi connectivity index (χ4v) is 3.78. The van der Waals surface area contributed by atoms with E-state index in [9.17, 15) is 8.42 Å². The van der Waals surface area contributed by atoms with Crippen LogP contribution in [0, 0.1) is 0 Å². The Hall–Kier alpha value is -2.52. The minimum Gasteiger partial charge on any atom is -0.354 e. The van der Waals surface area contributed by atoms with Crippen LogP contribution in [0.15, 0.2) is 43.1 Å². The van der Waals surface area contributed by atoms with Crippen molar-refractivity contribution in [2.45, 2.75) is 0 Å². The number of hydrogen-bond donors (Lipinski definition) is 0. The molecule has 4 heterocycles. The van der Waals surface area contributed by atoms with Gasteiger partial charge >= 0.3 is 0 Å². The van der Waals surface area contributed by atoms with Gasteiger partial charge in [-0.2, -0.15) is 4.31 Å². The van der Waals surface area contributed by atoms with Crippen LogP contribution in [0.3, 0.4) is 0 Å². The molecule has 0 spiro atoms. The number of hydrogen-bond acceptors (Lipinski definition) is 6. The molecule has 0 amide bonds. The molecule has 0 aromatic carbocycles. The van der Waals surface area contributed by atoms with Gasteiger partial charge in [0.1, 0.15) is 5.82 Å². The third kappa shape index (κ3) is 3.20. The predicted molar refractivity (Wildman–Crippen MR) is 94.8 cm³/mol. The van der Waals surface area contributed by atoms with E-state index in [1.54, 1.807) is 12.4 Å². The topological polar surface area (TPSA) is 83.7 Å². The summed E-state index contributed by atoms with van der Waals surface area (Å²) in [6.07, 6.45) is 10.4. The van der Waals surface area contributed by atoms with Gasteiger partial charge in [-0.1, -0.05) is 0 Å². The quantitative estimate of drug-likeness (QED) is 0.691. The fourth-order valence-electron chi connectivity index (χ4n) is 2.96. The van der Waals surface area contributed by atoms with Crippen LogP contribution in [0.2, 0.25) is 0 Å². The molecule has 0 saturated carbocycles. The standard InChI is InChI=1S/C16H18N6O2S/c1-25(23,24)22-8-6-20(7-9-22)15-3-2-13(10-18-15)14-11-19-16-17-4-5-21(16)12-14/h2-5,10-12H,6-9H2,1H3. The monoisotopic (exact) mass is 358 g/mol. The highest BCUT2D eigenvalue weighted by Crippen LogP contribution is 2.21. The molecule has 0 unspecified atom stereocenters. The first-order valence-corrected chi connectivity index (χ1v) is 9.81. The summed E-state index contributed by atoms with van der Waals surface area (Å²) < 4.78 is 26.5. The second-order valence-electron chi connectivity index (χ2n) is 6.03. The summed E-state index contributed by atoms with van der Waals surface area (Å²) in [5, 5.41) is 0. The van der Waals surface area contributed by atoms with E-state index in [0.717, 1.165) is 16.9 Å². The van der Waals surface area contributed by atoms with Gasteiger partial charge in [0.05, 0.1) is 6.26 Å². The van der Waals surface area contributed by atoms with Crippen LogP contribution in [0.25, 0.3) is 16.9 Å². The lowest BCUT2D eigenvalue weighted by molar-refractivity contribution is 0.387. The van der Waals surface area contributed by atoms with Crippen LogP contribution in [-0.4, -0.2) is 64.5 Å². The van der Waals surface area contributed by atoms with Crippen LogP contribution in [0.4, 0.5) is 5.82 Å². The van der Waals surface area contributed by atoms with E-state index in [-0.39, 0.29) is 0 Å². The van der Waals surface area contributed by atoms with Crippen LogP contribution >= 0.6 is 0 Å². The molecular weight excluding hydrogens is 340 g/mol. The summed E-state index contributed by atoms with van der Waals surface area (Å²) in [5.74, 6) is 1.52. The molecule has 1 aliphatic rings. The first kappa shape index (κ1) is 16.0. The van der Waals surface area contributed by atoms with Crippen molar-refractivity contribution in [3.63, 3.8) is 0 Å². The molecule has 4 rings (SSSR count). The maximum absolute atomic E-state index is 11.6. The predicted octanol–water partition coefficient (Wildman–Crippen LogP) is 0.873. The van der Waals surface area contributed by atoms with Crippen molar-refractivity contribution in [3.05, 3.63) is 43.1 Å². The number of fused-ring (bicyclic) bond motifs is 1. The van der Waals surface area contributed by atoms with E-state index in [1.165, 1.54) is 10.6 Å². The first-order valence-electron chi connectivity index (χ1n) is 7.96. The summed E-state index contributed by atoms with van der Waals surface area (Å²) in [6, 6.07) is 3.97. The van der Waals surface area contributed by atoms with Gasteiger partial charge in [-0.25, -0.2) is 23.4 Å². The van der Waals surface area contributed by atoms with E-state index in [2.05, 4.69) is 19.9 Å². The van der Waals surface area contributed by atoms with Crippen molar-refractivity contribution in [2.24, 2.45) is 0 Å². The molecule has 0 atom stereocenters. The largest absolute Gasteiger partial charge is 0.354 e. The van der Waals surface area contributed by atoms with Crippen molar-refractivity contribution in [1.82, 2.24) is 23.7 Å². The fraction of sp³-hybridized carbons (Fsp3) is 0.312. The van der Waals surface area contributed by atoms with Crippen molar-refractivity contribution in [1.29, 1.82) is 0 Å². The maximum atomic E-state index is 11.6. The van der Waals surface area contributed by atoms with Crippen molar-refractivity contribution in [2.75, 3.05) is 37.3 Å². The lowest BCUT2D eigenvalue weighted by atomic mass is 10.1. The normalized spacial score (nSPS) is 16.4. The summed E-state index contributed by atoms with van der Waals surface area (Å²) in [7, 11) is -3.12. The van der Waals surface area contributed by atoms with Gasteiger partial charge in [0.15, 0.2) is 0 Å². The van der Waals surface area contributed by atoms with Crippen LogP contribution in [0.5, 0.6) is 0 Å². The molecule has 0 N–H and O–H groups in total. The lowest BCUT2D eigenvalue weighted by Crippen LogP contribution is -2.48. The SMILES string of the molecule is CS(=O)(=O)N1CCN(c2ccc(-c3cnc4nccn4c3)cn2)CC1. The molecule has 9 heteroatoms. The Morgan fingerprint density at radius 2 is 1.72 bits per heavy atom. The molecule has 3 aromatic heterocycles. The Labute approximate surface area is 145 Å². The molecule has 0 aliphatic carbocycles. The minimum atomic E-state index is -3.12. The van der Waals surface area contributed by atoms with Gasteiger partial charge < -0.3 is 4.90 Å². The summed E-state index contributed by atoms with van der Waals surface area (Å²) in [4.78, 5) is 15.1. The molecule has 0 bridgehead atoms. The average Bonchev–Trinajstić information content (AvgIpc) is 3.09. The van der Waals surface area contributed by atoms with E-state index in [0.29, 0.717) is 32.0 Å². The number of imidazole rings is 1. The number of piperazine rings is 1. The third-order valence-electron chi connectivity index (χ3n) is 4.36. The van der Waals surface area contributed by atoms with Crippen LogP contribution in [0.1, 0.15) is 0 Å². The summed E-state index contributed by atoms with van der Waals surface area (Å²) in [6.45, 7) is 2.26. The van der Waals surface area contributed by atoms with Crippen LogP contribution in [-0.2, 0) is 10.0 Å². The zero-order valence-electron chi connectivity index (χ0n) is 13.8. The molecule has 1 aliphatic heterocycles. The lowest BCUT2D eigenvalue weighted by Gasteiger charge is -2.34. The van der Waals surface area contributed by atoms with Crippen molar-refractivity contribution >= 4 is 21.6 Å². The Morgan fingerprint density at radius 1 is 0.960 bits per heavy atom. The van der Waals surface area contributed by atoms with Gasteiger partial charge in [0, 0.05) is 68.3 Å². The van der Waals surface area contributed by atoms with E-state index < -0.39 is 10.0 Å². The Bertz CT molecular complexity index is 991. The molecule has 3 aromatic rings. The Balaban J connectivity index is 1.50. The summed E-state index contributed by atoms with van der Waals surface area (Å²) >= 11 is 0. The highest BCUT2D eigenvalue weighted by molar-refractivity contribution is 7.88. The molecular formula is C16H18N6O2S. The van der Waals surface area contributed by atoms with E-state index in [4.69, 9.17) is 0 Å². The average molecular weight is 358 g/mol. The summed E-state index contributed by atoms with van der Waals surface area (Å²) in [5.41, 5.74) is 1.94. The number of sulfonamides is 1. The highest BCUT2D eigenvalue weighted by Gasteiger charge is 2.23. The number of pyridine rings is 1. The maximum Gasteiger partial charge on any atom is 0.233 e. The van der Waals surface area contributed by atoms with Gasteiger partial charge in [-0.05, 0) is 12.1 Å². The van der Waals surface area contributed by atoms with Crippen molar-refractivity contribution in [3.8, 4) is 11.1 Å². The van der Waals surface area contributed by atoms with Gasteiger partial charge in [0.2, 0.25) is 15.8 Å². The molecule has 0 radical (unpaired) electrons. The van der Waals surface area contributed by atoms with Gasteiger partial charge in [0.25, 0.3) is 0 Å². The van der Waals surface area contributed by atoms with Gasteiger partial charge in [-0.3, -0.25) is 4.40 Å². The number of aromatic nitrogens is 4. The number of nitrogens with zero attached hydrogens (tertiary/aromatic N) is 6. The Morgan fingerprint density at radius 3 is 2.40 bits per heavy atom. The Kier molecular flexibility index (Phi) is 3.89. The molecule has 1 fully saturated rings. The second kappa shape index (κ2) is 6.08. The zero-order valence-corrected chi connectivity index (χ0v) is 14.6. The van der Waals surface area contributed by atoms with E-state index >= 15 is 0 Å². The molecule has 130 valence electrons. The third-order valence-corrected chi connectivity index (χ3v) is 5.66.